The standard InChI is InChI=1S/C11H7FN4O5/c12-8-3-1-7(2-4-8)5-9(17)14-6-13-10(15(18)19)11(14)16(20)21/h1-4,6H,5H2. The van der Waals surface area contributed by atoms with Crippen molar-refractivity contribution in [2.75, 3.05) is 0 Å². The zero-order valence-corrected chi connectivity index (χ0v) is 10.3. The molecule has 9 nitrogen and oxygen atoms in total. The monoisotopic (exact) mass is 294 g/mol. The summed E-state index contributed by atoms with van der Waals surface area (Å²) in [4.78, 5) is 34.6. The van der Waals surface area contributed by atoms with Crippen LogP contribution >= 0.6 is 0 Å². The first-order valence-electron chi connectivity index (χ1n) is 5.54. The zero-order chi connectivity index (χ0) is 15.6. The van der Waals surface area contributed by atoms with Crippen LogP contribution in [0.25, 0.3) is 0 Å². The highest BCUT2D eigenvalue weighted by Gasteiger charge is 2.35. The lowest BCUT2D eigenvalue weighted by Crippen LogP contribution is -2.15. The molecule has 0 amide bonds. The van der Waals surface area contributed by atoms with Gasteiger partial charge in [-0.3, -0.25) is 0 Å². The van der Waals surface area contributed by atoms with Crippen molar-refractivity contribution in [1.29, 1.82) is 0 Å². The minimum atomic E-state index is -1.05. The molecular weight excluding hydrogens is 287 g/mol. The normalized spacial score (nSPS) is 10.3. The molecule has 108 valence electrons. The first-order valence-corrected chi connectivity index (χ1v) is 5.54. The minimum Gasteiger partial charge on any atom is -0.358 e. The maximum Gasteiger partial charge on any atom is 0.463 e. The molecule has 0 spiro atoms. The molecule has 0 fully saturated rings. The minimum absolute atomic E-state index is 0.283. The Bertz CT molecular complexity index is 725. The van der Waals surface area contributed by atoms with E-state index in [0.717, 1.165) is 18.5 Å². The Balaban J connectivity index is 2.33. The second kappa shape index (κ2) is 5.45. The highest BCUT2D eigenvalue weighted by Crippen LogP contribution is 2.24. The van der Waals surface area contributed by atoms with E-state index in [1.807, 2.05) is 0 Å². The molecule has 0 aliphatic heterocycles. The summed E-state index contributed by atoms with van der Waals surface area (Å²) in [7, 11) is 0. The van der Waals surface area contributed by atoms with E-state index in [0.29, 0.717) is 10.1 Å². The van der Waals surface area contributed by atoms with Crippen molar-refractivity contribution in [3.05, 3.63) is 62.2 Å². The molecule has 1 aromatic heterocycles. The number of imidazole rings is 1. The largest absolute Gasteiger partial charge is 0.463 e. The molecule has 2 aromatic rings. The van der Waals surface area contributed by atoms with Crippen molar-refractivity contribution in [2.45, 2.75) is 6.42 Å². The molecule has 2 rings (SSSR count). The number of hydrogen-bond donors (Lipinski definition) is 0. The number of nitro groups is 2. The van der Waals surface area contributed by atoms with Gasteiger partial charge in [-0.1, -0.05) is 12.1 Å². The van der Waals surface area contributed by atoms with Crippen molar-refractivity contribution in [1.82, 2.24) is 9.55 Å². The van der Waals surface area contributed by atoms with Gasteiger partial charge in [0, 0.05) is 4.98 Å². The zero-order valence-electron chi connectivity index (χ0n) is 10.3. The van der Waals surface area contributed by atoms with Gasteiger partial charge in [-0.05, 0) is 27.5 Å². The molecule has 0 aliphatic rings. The summed E-state index contributed by atoms with van der Waals surface area (Å²) in [5, 5.41) is 21.5. The van der Waals surface area contributed by atoms with Crippen LogP contribution in [0.1, 0.15) is 10.4 Å². The molecule has 0 atom stereocenters. The third-order valence-electron chi connectivity index (χ3n) is 2.61. The van der Waals surface area contributed by atoms with Gasteiger partial charge in [-0.2, -0.15) is 0 Å². The van der Waals surface area contributed by atoms with E-state index in [9.17, 15) is 29.4 Å². The van der Waals surface area contributed by atoms with Crippen molar-refractivity contribution in [2.24, 2.45) is 0 Å². The Morgan fingerprint density at radius 2 is 1.81 bits per heavy atom. The van der Waals surface area contributed by atoms with Gasteiger partial charge in [0.25, 0.3) is 0 Å². The Hall–Kier alpha value is -3.17. The summed E-state index contributed by atoms with van der Waals surface area (Å²) in [6.07, 6.45) is 0.441. The topological polar surface area (TPSA) is 121 Å². The van der Waals surface area contributed by atoms with E-state index in [1.165, 1.54) is 12.1 Å². The Morgan fingerprint density at radius 1 is 1.19 bits per heavy atom. The molecule has 0 saturated heterocycles. The molecule has 0 N–H and O–H groups in total. The fourth-order valence-corrected chi connectivity index (χ4v) is 1.68. The molecule has 1 heterocycles. The van der Waals surface area contributed by atoms with Crippen LogP contribution < -0.4 is 0 Å². The van der Waals surface area contributed by atoms with Gasteiger partial charge in [0.15, 0.2) is 0 Å². The van der Waals surface area contributed by atoms with Crippen molar-refractivity contribution >= 4 is 17.5 Å². The fourth-order valence-electron chi connectivity index (χ4n) is 1.68. The van der Waals surface area contributed by atoms with Crippen LogP contribution in [0.15, 0.2) is 30.6 Å². The third kappa shape index (κ3) is 2.88. The van der Waals surface area contributed by atoms with Crippen molar-refractivity contribution in [3.8, 4) is 0 Å². The SMILES string of the molecule is O=C(Cc1ccc(F)cc1)n1cnc([N+](=O)[O-])c1[N+](=O)[O-]. The number of aromatic nitrogens is 2. The predicted octanol–water partition coefficient (Wildman–Crippen LogP) is 1.72. The van der Waals surface area contributed by atoms with Gasteiger partial charge in [0.2, 0.25) is 0 Å². The molecule has 0 bridgehead atoms. The van der Waals surface area contributed by atoms with Gasteiger partial charge in [-0.15, -0.1) is 4.57 Å². The van der Waals surface area contributed by atoms with Gasteiger partial charge >= 0.3 is 23.9 Å². The van der Waals surface area contributed by atoms with Crippen LogP contribution in [-0.2, 0) is 6.42 Å². The quantitative estimate of drug-likeness (QED) is 0.625. The summed E-state index contributed by atoms with van der Waals surface area (Å²) >= 11 is 0. The van der Waals surface area contributed by atoms with Crippen LogP contribution in [-0.4, -0.2) is 25.3 Å². The lowest BCUT2D eigenvalue weighted by Gasteiger charge is -1.99. The summed E-state index contributed by atoms with van der Waals surface area (Å²) < 4.78 is 13.2. The van der Waals surface area contributed by atoms with Gasteiger partial charge in [-0.25, -0.2) is 9.18 Å². The molecule has 1 aromatic carbocycles. The summed E-state index contributed by atoms with van der Waals surface area (Å²) in [6.45, 7) is 0. The summed E-state index contributed by atoms with van der Waals surface area (Å²) in [5.74, 6) is -3.29. The van der Waals surface area contributed by atoms with E-state index < -0.39 is 33.2 Å². The molecule has 10 heteroatoms. The van der Waals surface area contributed by atoms with E-state index in [-0.39, 0.29) is 6.42 Å². The molecule has 0 aliphatic carbocycles. The van der Waals surface area contributed by atoms with Crippen LogP contribution in [0.4, 0.5) is 16.0 Å². The number of hydrogen-bond acceptors (Lipinski definition) is 6. The maximum atomic E-state index is 12.7. The van der Waals surface area contributed by atoms with E-state index in [2.05, 4.69) is 4.98 Å². The highest BCUT2D eigenvalue weighted by atomic mass is 19.1. The second-order valence-corrected chi connectivity index (χ2v) is 3.97. The highest BCUT2D eigenvalue weighted by molar-refractivity contribution is 5.84. The van der Waals surface area contributed by atoms with Crippen molar-refractivity contribution < 1.29 is 19.0 Å². The first kappa shape index (κ1) is 14.2. The van der Waals surface area contributed by atoms with E-state index >= 15 is 0 Å². The smallest absolute Gasteiger partial charge is 0.358 e. The number of rotatable bonds is 4. The second-order valence-electron chi connectivity index (χ2n) is 3.97. The lowest BCUT2D eigenvalue weighted by molar-refractivity contribution is -0.428. The molecule has 21 heavy (non-hydrogen) atoms. The number of benzene rings is 1. The van der Waals surface area contributed by atoms with E-state index in [1.54, 1.807) is 0 Å². The molecule has 0 saturated carbocycles. The molecule has 0 radical (unpaired) electrons. The average Bonchev–Trinajstić information content (AvgIpc) is 2.86. The average molecular weight is 294 g/mol. The third-order valence-corrected chi connectivity index (χ3v) is 2.61. The van der Waals surface area contributed by atoms with E-state index in [4.69, 9.17) is 0 Å². The van der Waals surface area contributed by atoms with Gasteiger partial charge < -0.3 is 20.2 Å². The molecule has 0 unspecified atom stereocenters. The fraction of sp³-hybridized carbons (Fsp3) is 0.0909. The van der Waals surface area contributed by atoms with Gasteiger partial charge in [0.1, 0.15) is 5.82 Å². The Labute approximate surface area is 115 Å². The number of carbonyl (C=O) groups is 1. The predicted molar refractivity (Wildman–Crippen MR) is 66.3 cm³/mol. The maximum absolute atomic E-state index is 12.7. The Morgan fingerprint density at radius 3 is 2.33 bits per heavy atom. The molecular formula is C11H7FN4O5. The summed E-state index contributed by atoms with van der Waals surface area (Å²) in [5.41, 5.74) is 0.409. The number of nitrogens with zero attached hydrogens (tertiary/aromatic N) is 4. The number of halogens is 1. The van der Waals surface area contributed by atoms with Crippen LogP contribution in [0, 0.1) is 26.0 Å². The first-order chi connectivity index (χ1) is 9.90. The van der Waals surface area contributed by atoms with Gasteiger partial charge in [0.05, 0.1) is 6.42 Å². The van der Waals surface area contributed by atoms with Crippen LogP contribution in [0.2, 0.25) is 0 Å². The van der Waals surface area contributed by atoms with Crippen LogP contribution in [0.5, 0.6) is 0 Å². The summed E-state index contributed by atoms with van der Waals surface area (Å²) in [6, 6.07) is 4.94. The van der Waals surface area contributed by atoms with Crippen LogP contribution in [0.3, 0.4) is 0 Å². The lowest BCUT2D eigenvalue weighted by atomic mass is 10.1. The van der Waals surface area contributed by atoms with Crippen molar-refractivity contribution in [3.63, 3.8) is 0 Å². The number of carbonyl (C=O) groups excluding carboxylic acids is 1. The Kier molecular flexibility index (Phi) is 3.69.